The molecule has 5 heteroatoms. The molecule has 0 amide bonds. The van der Waals surface area contributed by atoms with Gasteiger partial charge in [-0.1, -0.05) is 86.1 Å². The first-order valence-corrected chi connectivity index (χ1v) is 10.7. The molecule has 156 valence electrons. The average Bonchev–Trinajstić information content (AvgIpc) is 2.80. The van der Waals surface area contributed by atoms with Gasteiger partial charge in [0.15, 0.2) is 0 Å². The molecule has 4 rings (SSSR count). The normalized spacial score (nSPS) is 16.3. The number of rotatable bonds is 4. The quantitative estimate of drug-likeness (QED) is 0.489. The van der Waals surface area contributed by atoms with Crippen molar-refractivity contribution in [2.24, 2.45) is 4.99 Å². The number of ether oxygens (including phenoxy) is 1. The fourth-order valence-electron chi connectivity index (χ4n) is 3.30. The zero-order chi connectivity index (χ0) is 21.3. The Kier molecular flexibility index (Phi) is 8.14. The minimum absolute atomic E-state index is 0.105. The Morgan fingerprint density at radius 1 is 1.03 bits per heavy atom. The number of hydrogen-bond donors (Lipinski definition) is 0. The SMILES string of the molecule is CC.CN1CCOC(c2ncc(N=C(c3ccccc3)c3ccccc3)cc2Cl)C1. The second-order valence-corrected chi connectivity index (χ2v) is 7.28. The largest absolute Gasteiger partial charge is 0.369 e. The molecule has 0 saturated carbocycles. The number of pyridine rings is 1. The first kappa shape index (κ1) is 22.2. The third-order valence-corrected chi connectivity index (χ3v) is 5.07. The van der Waals surface area contributed by atoms with Gasteiger partial charge in [-0.25, -0.2) is 4.99 Å². The highest BCUT2D eigenvalue weighted by atomic mass is 35.5. The smallest absolute Gasteiger partial charge is 0.114 e. The van der Waals surface area contributed by atoms with Gasteiger partial charge in [0, 0.05) is 24.2 Å². The van der Waals surface area contributed by atoms with Crippen molar-refractivity contribution in [3.63, 3.8) is 0 Å². The van der Waals surface area contributed by atoms with Crippen LogP contribution in [-0.2, 0) is 4.74 Å². The summed E-state index contributed by atoms with van der Waals surface area (Å²) < 4.78 is 5.85. The van der Waals surface area contributed by atoms with Crippen LogP contribution in [0.25, 0.3) is 0 Å². The second kappa shape index (κ2) is 11.0. The maximum absolute atomic E-state index is 6.56. The van der Waals surface area contributed by atoms with Gasteiger partial charge in [-0.05, 0) is 13.1 Å². The molecule has 0 aliphatic carbocycles. The molecule has 4 nitrogen and oxygen atoms in total. The summed E-state index contributed by atoms with van der Waals surface area (Å²) in [7, 11) is 2.08. The lowest BCUT2D eigenvalue weighted by atomic mass is 10.0. The molecule has 30 heavy (non-hydrogen) atoms. The van der Waals surface area contributed by atoms with E-state index in [-0.39, 0.29) is 6.10 Å². The van der Waals surface area contributed by atoms with Gasteiger partial charge >= 0.3 is 0 Å². The van der Waals surface area contributed by atoms with Crippen LogP contribution in [0.2, 0.25) is 5.02 Å². The lowest BCUT2D eigenvalue weighted by molar-refractivity contribution is -0.0230. The molecule has 1 aliphatic heterocycles. The average molecular weight is 422 g/mol. The number of benzene rings is 2. The molecule has 1 unspecified atom stereocenters. The van der Waals surface area contributed by atoms with Gasteiger partial charge < -0.3 is 9.64 Å². The Hall–Kier alpha value is -2.53. The van der Waals surface area contributed by atoms with E-state index in [1.807, 2.05) is 56.3 Å². The molecule has 0 bridgehead atoms. The van der Waals surface area contributed by atoms with Crippen molar-refractivity contribution in [1.82, 2.24) is 9.88 Å². The van der Waals surface area contributed by atoms with Crippen LogP contribution in [0.3, 0.4) is 0 Å². The summed E-state index contributed by atoms with van der Waals surface area (Å²) in [5, 5.41) is 0.585. The number of morpholine rings is 1. The van der Waals surface area contributed by atoms with Gasteiger partial charge in [0.1, 0.15) is 6.10 Å². The first-order valence-electron chi connectivity index (χ1n) is 10.4. The Bertz CT molecular complexity index is 919. The monoisotopic (exact) mass is 421 g/mol. The third kappa shape index (κ3) is 5.54. The molecule has 1 fully saturated rings. The maximum atomic E-state index is 6.56. The molecule has 0 N–H and O–H groups in total. The molecule has 2 heterocycles. The van der Waals surface area contributed by atoms with Crippen LogP contribution >= 0.6 is 11.6 Å². The van der Waals surface area contributed by atoms with E-state index in [2.05, 4.69) is 41.2 Å². The van der Waals surface area contributed by atoms with E-state index in [1.165, 1.54) is 0 Å². The zero-order valence-electron chi connectivity index (χ0n) is 17.8. The number of hydrogen-bond acceptors (Lipinski definition) is 4. The van der Waals surface area contributed by atoms with Gasteiger partial charge in [-0.15, -0.1) is 0 Å². The predicted molar refractivity (Wildman–Crippen MR) is 125 cm³/mol. The molecule has 0 spiro atoms. The zero-order valence-corrected chi connectivity index (χ0v) is 18.5. The number of aliphatic imine (C=N–C) groups is 1. The highest BCUT2D eigenvalue weighted by Gasteiger charge is 2.23. The van der Waals surface area contributed by atoms with Crippen LogP contribution in [0.4, 0.5) is 5.69 Å². The predicted octanol–water partition coefficient (Wildman–Crippen LogP) is 5.93. The Balaban J connectivity index is 0.00000124. The van der Waals surface area contributed by atoms with E-state index in [4.69, 9.17) is 21.3 Å². The van der Waals surface area contributed by atoms with Crippen molar-refractivity contribution in [3.8, 4) is 0 Å². The van der Waals surface area contributed by atoms with Gasteiger partial charge in [-0.2, -0.15) is 0 Å². The van der Waals surface area contributed by atoms with E-state index in [0.717, 1.165) is 41.3 Å². The summed E-state index contributed by atoms with van der Waals surface area (Å²) in [5.41, 5.74) is 4.48. The van der Waals surface area contributed by atoms with Gasteiger partial charge in [0.2, 0.25) is 0 Å². The number of nitrogens with zero attached hydrogens (tertiary/aromatic N) is 3. The standard InChI is InChI=1S/C23H22ClN3O.C2H6/c1-27-12-13-28-21(16-27)23-20(24)14-19(15-25-23)26-22(17-8-4-2-5-9-17)18-10-6-3-7-11-18;1-2/h2-11,14-15,21H,12-13,16H2,1H3;1-2H3. The van der Waals surface area contributed by atoms with E-state index in [0.29, 0.717) is 11.6 Å². The first-order chi connectivity index (χ1) is 14.7. The van der Waals surface area contributed by atoms with Crippen molar-refractivity contribution in [1.29, 1.82) is 0 Å². The fraction of sp³-hybridized carbons (Fsp3) is 0.280. The molecule has 2 aromatic carbocycles. The van der Waals surface area contributed by atoms with Gasteiger partial charge in [0.25, 0.3) is 0 Å². The topological polar surface area (TPSA) is 37.7 Å². The summed E-state index contributed by atoms with van der Waals surface area (Å²) >= 11 is 6.56. The number of aromatic nitrogens is 1. The molecule has 1 aliphatic rings. The fourth-order valence-corrected chi connectivity index (χ4v) is 3.58. The van der Waals surface area contributed by atoms with Gasteiger partial charge in [0.05, 0.1) is 34.9 Å². The van der Waals surface area contributed by atoms with Crippen molar-refractivity contribution in [3.05, 3.63) is 94.8 Å². The Morgan fingerprint density at radius 2 is 1.63 bits per heavy atom. The highest BCUT2D eigenvalue weighted by molar-refractivity contribution is 6.31. The second-order valence-electron chi connectivity index (χ2n) is 6.87. The molecule has 1 aromatic heterocycles. The number of halogens is 1. The molecule has 1 atom stereocenters. The van der Waals surface area contributed by atoms with E-state index >= 15 is 0 Å². The molecular formula is C25H28ClN3O. The van der Waals surface area contributed by atoms with Crippen LogP contribution in [0, 0.1) is 0 Å². The molecule has 0 radical (unpaired) electrons. The minimum Gasteiger partial charge on any atom is -0.369 e. The highest BCUT2D eigenvalue weighted by Crippen LogP contribution is 2.30. The summed E-state index contributed by atoms with van der Waals surface area (Å²) in [6.07, 6.45) is 1.66. The van der Waals surface area contributed by atoms with Gasteiger partial charge in [-0.3, -0.25) is 4.98 Å². The van der Waals surface area contributed by atoms with Crippen LogP contribution < -0.4 is 0 Å². The number of likely N-dealkylation sites (N-methyl/N-ethyl adjacent to an activating group) is 1. The summed E-state index contributed by atoms with van der Waals surface area (Å²) in [6, 6.07) is 22.1. The van der Waals surface area contributed by atoms with Crippen molar-refractivity contribution in [2.75, 3.05) is 26.7 Å². The van der Waals surface area contributed by atoms with Crippen molar-refractivity contribution < 1.29 is 4.74 Å². The van der Waals surface area contributed by atoms with Crippen LogP contribution in [0.5, 0.6) is 0 Å². The third-order valence-electron chi connectivity index (χ3n) is 4.77. The lowest BCUT2D eigenvalue weighted by Crippen LogP contribution is -2.35. The van der Waals surface area contributed by atoms with Crippen LogP contribution in [0.1, 0.15) is 36.8 Å². The Morgan fingerprint density at radius 3 is 2.17 bits per heavy atom. The lowest BCUT2D eigenvalue weighted by Gasteiger charge is -2.30. The summed E-state index contributed by atoms with van der Waals surface area (Å²) in [6.45, 7) is 6.40. The van der Waals surface area contributed by atoms with Crippen molar-refractivity contribution >= 4 is 23.0 Å². The summed E-state index contributed by atoms with van der Waals surface area (Å²) in [5.74, 6) is 0. The van der Waals surface area contributed by atoms with Crippen LogP contribution in [-0.4, -0.2) is 42.3 Å². The van der Waals surface area contributed by atoms with Crippen molar-refractivity contribution in [2.45, 2.75) is 20.0 Å². The van der Waals surface area contributed by atoms with Crippen LogP contribution in [0.15, 0.2) is 77.9 Å². The molecule has 3 aromatic rings. The van der Waals surface area contributed by atoms with E-state index < -0.39 is 0 Å². The summed E-state index contributed by atoms with van der Waals surface area (Å²) in [4.78, 5) is 11.7. The minimum atomic E-state index is -0.105. The molecular weight excluding hydrogens is 394 g/mol. The van der Waals surface area contributed by atoms with E-state index in [9.17, 15) is 0 Å². The Labute approximate surface area is 184 Å². The van der Waals surface area contributed by atoms with E-state index in [1.54, 1.807) is 6.20 Å². The molecule has 1 saturated heterocycles. The maximum Gasteiger partial charge on any atom is 0.114 e.